The van der Waals surface area contributed by atoms with Crippen molar-refractivity contribution < 1.29 is 19.0 Å². The van der Waals surface area contributed by atoms with E-state index in [0.29, 0.717) is 12.1 Å². The fourth-order valence-corrected chi connectivity index (χ4v) is 3.52. The summed E-state index contributed by atoms with van der Waals surface area (Å²) in [5, 5.41) is 9.19. The summed E-state index contributed by atoms with van der Waals surface area (Å²) in [7, 11) is 1.72. The van der Waals surface area contributed by atoms with Gasteiger partial charge >= 0.3 is 0 Å². The zero-order valence-electron chi connectivity index (χ0n) is 16.5. The van der Waals surface area contributed by atoms with E-state index < -0.39 is 0 Å². The Bertz CT molecular complexity index is 638. The Balaban J connectivity index is 0.000000208. The molecule has 3 unspecified atom stereocenters. The predicted molar refractivity (Wildman–Crippen MR) is 105 cm³/mol. The number of amides is 1. The van der Waals surface area contributed by atoms with Crippen molar-refractivity contribution in [2.24, 2.45) is 0 Å². The number of rotatable bonds is 4. The molecule has 2 heterocycles. The van der Waals surface area contributed by atoms with Crippen molar-refractivity contribution in [3.05, 3.63) is 41.9 Å². The van der Waals surface area contributed by atoms with Gasteiger partial charge in [0.15, 0.2) is 0 Å². The molecule has 6 heteroatoms. The van der Waals surface area contributed by atoms with E-state index in [0.717, 1.165) is 44.3 Å². The molecule has 1 N–H and O–H groups in total. The van der Waals surface area contributed by atoms with Gasteiger partial charge in [0.1, 0.15) is 5.82 Å². The molecule has 0 spiro atoms. The van der Waals surface area contributed by atoms with E-state index in [9.17, 15) is 14.3 Å². The van der Waals surface area contributed by atoms with E-state index in [2.05, 4.69) is 4.90 Å². The van der Waals surface area contributed by atoms with Crippen LogP contribution in [0.3, 0.4) is 0 Å². The first-order chi connectivity index (χ1) is 13.0. The van der Waals surface area contributed by atoms with Crippen LogP contribution in [0.4, 0.5) is 10.1 Å². The molecule has 1 fully saturated rings. The first-order valence-electron chi connectivity index (χ1n) is 9.61. The summed E-state index contributed by atoms with van der Waals surface area (Å²) < 4.78 is 19.1. The van der Waals surface area contributed by atoms with Crippen LogP contribution in [0.15, 0.2) is 30.5 Å². The SMILES string of the molecule is CCC1CC(O)C=CN1C=O.COC1CCCN(c2ccc(C)cc2F)C1. The molecule has 0 saturated carbocycles. The summed E-state index contributed by atoms with van der Waals surface area (Å²) in [5.74, 6) is -0.128. The number of carbonyl (C=O) groups excluding carboxylic acids is 1. The average Bonchev–Trinajstić information content (AvgIpc) is 2.68. The van der Waals surface area contributed by atoms with E-state index in [-0.39, 0.29) is 24.1 Å². The van der Waals surface area contributed by atoms with Gasteiger partial charge in [0.25, 0.3) is 0 Å². The summed E-state index contributed by atoms with van der Waals surface area (Å²) >= 11 is 0. The predicted octanol–water partition coefficient (Wildman–Crippen LogP) is 3.25. The minimum Gasteiger partial charge on any atom is -0.389 e. The van der Waals surface area contributed by atoms with Crippen LogP contribution in [0.1, 0.15) is 38.2 Å². The van der Waals surface area contributed by atoms with Crippen molar-refractivity contribution in [1.29, 1.82) is 0 Å². The number of nitrogens with zero attached hydrogens (tertiary/aromatic N) is 2. The molecule has 1 amide bonds. The summed E-state index contributed by atoms with van der Waals surface area (Å²) in [6.45, 7) is 5.62. The van der Waals surface area contributed by atoms with Crippen molar-refractivity contribution in [2.45, 2.75) is 57.8 Å². The fourth-order valence-electron chi connectivity index (χ4n) is 3.52. The summed E-state index contributed by atoms with van der Waals surface area (Å²) in [4.78, 5) is 14.1. The normalized spacial score (nSPS) is 25.0. The second-order valence-electron chi connectivity index (χ2n) is 7.16. The number of aryl methyl sites for hydroxylation is 1. The number of hydrogen-bond acceptors (Lipinski definition) is 4. The van der Waals surface area contributed by atoms with Crippen molar-refractivity contribution >= 4 is 12.1 Å². The molecule has 3 rings (SSSR count). The summed E-state index contributed by atoms with van der Waals surface area (Å²) in [6, 6.07) is 5.58. The Morgan fingerprint density at radius 3 is 2.81 bits per heavy atom. The van der Waals surface area contributed by atoms with Crippen molar-refractivity contribution in [2.75, 3.05) is 25.1 Å². The number of aliphatic hydroxyl groups excluding tert-OH is 1. The van der Waals surface area contributed by atoms with Crippen LogP contribution >= 0.6 is 0 Å². The van der Waals surface area contributed by atoms with Crippen LogP contribution in [0.5, 0.6) is 0 Å². The minimum absolute atomic E-state index is 0.128. The Morgan fingerprint density at radius 2 is 2.19 bits per heavy atom. The monoisotopic (exact) mass is 378 g/mol. The third kappa shape index (κ3) is 6.04. The summed E-state index contributed by atoms with van der Waals surface area (Å²) in [5.41, 5.74) is 1.66. The van der Waals surface area contributed by atoms with E-state index in [1.807, 2.05) is 26.0 Å². The lowest BCUT2D eigenvalue weighted by Gasteiger charge is -2.33. The average molecular weight is 378 g/mol. The third-order valence-electron chi connectivity index (χ3n) is 5.16. The number of halogens is 1. The minimum atomic E-state index is -0.379. The molecule has 27 heavy (non-hydrogen) atoms. The molecule has 0 bridgehead atoms. The van der Waals surface area contributed by atoms with Crippen LogP contribution in [-0.2, 0) is 9.53 Å². The highest BCUT2D eigenvalue weighted by Gasteiger charge is 2.21. The van der Waals surface area contributed by atoms with Crippen molar-refractivity contribution in [3.63, 3.8) is 0 Å². The van der Waals surface area contributed by atoms with Crippen LogP contribution in [0.25, 0.3) is 0 Å². The van der Waals surface area contributed by atoms with E-state index in [4.69, 9.17) is 4.74 Å². The first-order valence-corrected chi connectivity index (χ1v) is 9.61. The zero-order chi connectivity index (χ0) is 19.8. The van der Waals surface area contributed by atoms with Gasteiger partial charge in [0.2, 0.25) is 6.41 Å². The van der Waals surface area contributed by atoms with Gasteiger partial charge < -0.3 is 19.6 Å². The number of ether oxygens (including phenoxy) is 1. The maximum atomic E-state index is 13.8. The maximum absolute atomic E-state index is 13.8. The van der Waals surface area contributed by atoms with Crippen LogP contribution in [-0.4, -0.2) is 54.9 Å². The molecule has 1 aromatic carbocycles. The molecule has 2 aliphatic heterocycles. The fraction of sp³-hybridized carbons (Fsp3) is 0.571. The lowest BCUT2D eigenvalue weighted by Crippen LogP contribution is -2.39. The second kappa shape index (κ2) is 10.4. The number of carbonyl (C=O) groups is 1. The van der Waals surface area contributed by atoms with Gasteiger partial charge in [-0.2, -0.15) is 0 Å². The molecule has 1 saturated heterocycles. The Kier molecular flexibility index (Phi) is 8.25. The number of benzene rings is 1. The Labute approximate surface area is 161 Å². The number of methoxy groups -OCH3 is 1. The van der Waals surface area contributed by atoms with Gasteiger partial charge in [0, 0.05) is 32.4 Å². The van der Waals surface area contributed by atoms with Crippen LogP contribution in [0.2, 0.25) is 0 Å². The molecule has 3 atom stereocenters. The van der Waals surface area contributed by atoms with Gasteiger partial charge in [-0.1, -0.05) is 13.0 Å². The van der Waals surface area contributed by atoms with Crippen molar-refractivity contribution in [1.82, 2.24) is 4.90 Å². The summed E-state index contributed by atoms with van der Waals surface area (Å²) in [6.07, 6.45) is 7.62. The number of anilines is 1. The van der Waals surface area contributed by atoms with E-state index in [1.165, 1.54) is 0 Å². The number of hydrogen-bond donors (Lipinski definition) is 1. The molecule has 1 aromatic rings. The largest absolute Gasteiger partial charge is 0.389 e. The highest BCUT2D eigenvalue weighted by Crippen LogP contribution is 2.24. The highest BCUT2D eigenvalue weighted by molar-refractivity contribution is 5.50. The third-order valence-corrected chi connectivity index (χ3v) is 5.16. The molecular weight excluding hydrogens is 347 g/mol. The smallest absolute Gasteiger partial charge is 0.213 e. The molecule has 150 valence electrons. The molecule has 0 radical (unpaired) electrons. The maximum Gasteiger partial charge on any atom is 0.213 e. The van der Waals surface area contributed by atoms with Gasteiger partial charge in [0.05, 0.1) is 17.9 Å². The van der Waals surface area contributed by atoms with Gasteiger partial charge in [-0.3, -0.25) is 4.79 Å². The van der Waals surface area contributed by atoms with Crippen LogP contribution < -0.4 is 4.90 Å². The molecular formula is C21H31FN2O3. The van der Waals surface area contributed by atoms with Gasteiger partial charge in [-0.05, 0) is 56.4 Å². The molecule has 5 nitrogen and oxygen atoms in total. The van der Waals surface area contributed by atoms with E-state index >= 15 is 0 Å². The Morgan fingerprint density at radius 1 is 1.41 bits per heavy atom. The molecule has 0 aliphatic carbocycles. The van der Waals surface area contributed by atoms with Crippen molar-refractivity contribution in [3.8, 4) is 0 Å². The quantitative estimate of drug-likeness (QED) is 0.817. The number of aliphatic hydroxyl groups is 1. The highest BCUT2D eigenvalue weighted by atomic mass is 19.1. The second-order valence-corrected chi connectivity index (χ2v) is 7.16. The lowest BCUT2D eigenvalue weighted by atomic mass is 10.0. The lowest BCUT2D eigenvalue weighted by molar-refractivity contribution is -0.118. The van der Waals surface area contributed by atoms with Crippen LogP contribution in [0, 0.1) is 12.7 Å². The molecule has 0 aromatic heterocycles. The molecule has 2 aliphatic rings. The Hall–Kier alpha value is -1.92. The van der Waals surface area contributed by atoms with E-state index in [1.54, 1.807) is 30.4 Å². The standard InChI is InChI=1S/C13H18FNO.C8H13NO2/c1-10-5-6-13(12(14)8-10)15-7-3-4-11(9-15)16-2;1-2-7-5-8(11)3-4-9(7)6-10/h5-6,8,11H,3-4,7,9H2,1-2H3;3-4,6-8,11H,2,5H2,1H3. The number of piperidine rings is 1. The van der Waals surface area contributed by atoms with Gasteiger partial charge in [-0.25, -0.2) is 4.39 Å². The first kappa shape index (κ1) is 21.4. The van der Waals surface area contributed by atoms with Gasteiger partial charge in [-0.15, -0.1) is 0 Å². The topological polar surface area (TPSA) is 53.0 Å². The zero-order valence-corrected chi connectivity index (χ0v) is 16.5.